The number of nitro groups is 1. The third-order valence-corrected chi connectivity index (χ3v) is 5.70. The number of pyridine rings is 1. The summed E-state index contributed by atoms with van der Waals surface area (Å²) in [6.45, 7) is 8.05. The average molecular weight is 437 g/mol. The van der Waals surface area contributed by atoms with E-state index in [-0.39, 0.29) is 35.2 Å². The molecular weight excluding hydrogens is 408 g/mol. The first-order valence-electron chi connectivity index (χ1n) is 10.7. The molecule has 1 aliphatic rings. The van der Waals surface area contributed by atoms with Gasteiger partial charge in [0, 0.05) is 44.0 Å². The minimum absolute atomic E-state index is 0.151. The summed E-state index contributed by atoms with van der Waals surface area (Å²) in [6, 6.07) is 11.9. The Balaban J connectivity index is 1.72. The van der Waals surface area contributed by atoms with Crippen LogP contribution in [0.25, 0.3) is 0 Å². The second-order valence-corrected chi connectivity index (χ2v) is 8.26. The monoisotopic (exact) mass is 436 g/mol. The van der Waals surface area contributed by atoms with Gasteiger partial charge < -0.3 is 10.2 Å². The minimum atomic E-state index is -0.484. The number of nitriles is 1. The molecule has 1 aromatic carbocycles. The van der Waals surface area contributed by atoms with E-state index in [0.29, 0.717) is 31.9 Å². The lowest BCUT2D eigenvalue weighted by atomic mass is 10.0. The molecule has 32 heavy (non-hydrogen) atoms. The highest BCUT2D eigenvalue weighted by atomic mass is 16.6. The van der Waals surface area contributed by atoms with Gasteiger partial charge >= 0.3 is 0 Å². The number of nitro benzene ring substituents is 1. The molecule has 9 heteroatoms. The molecule has 0 saturated carbocycles. The maximum atomic E-state index is 13.0. The van der Waals surface area contributed by atoms with Crippen LogP contribution in [0.1, 0.15) is 42.9 Å². The highest BCUT2D eigenvalue weighted by Crippen LogP contribution is 2.29. The first-order chi connectivity index (χ1) is 15.3. The fourth-order valence-electron chi connectivity index (χ4n) is 3.92. The van der Waals surface area contributed by atoms with Crippen LogP contribution in [0.5, 0.6) is 0 Å². The normalized spacial score (nSPS) is 16.3. The van der Waals surface area contributed by atoms with E-state index in [1.54, 1.807) is 23.2 Å². The van der Waals surface area contributed by atoms with Gasteiger partial charge in [-0.3, -0.25) is 24.8 Å². The van der Waals surface area contributed by atoms with Gasteiger partial charge in [-0.25, -0.2) is 0 Å². The SMILES string of the molecule is CC(Nc1ccc(C(=O)N2CCN(C(C#N)C(C)C)CC2)cc1[N+](=O)[O-])c1ccccn1. The molecule has 2 unspecified atom stereocenters. The van der Waals surface area contributed by atoms with E-state index in [1.807, 2.05) is 39.0 Å². The molecule has 1 amide bonds. The predicted octanol–water partition coefficient (Wildman–Crippen LogP) is 3.47. The zero-order valence-electron chi connectivity index (χ0n) is 18.6. The maximum Gasteiger partial charge on any atom is 0.293 e. The smallest absolute Gasteiger partial charge is 0.293 e. The van der Waals surface area contributed by atoms with Crippen LogP contribution < -0.4 is 5.32 Å². The fraction of sp³-hybridized carbons (Fsp3) is 0.435. The predicted molar refractivity (Wildman–Crippen MR) is 121 cm³/mol. The molecule has 3 rings (SSSR count). The molecular formula is C23H28N6O3. The summed E-state index contributed by atoms with van der Waals surface area (Å²) in [7, 11) is 0. The van der Waals surface area contributed by atoms with E-state index in [9.17, 15) is 20.2 Å². The van der Waals surface area contributed by atoms with E-state index < -0.39 is 4.92 Å². The standard InChI is InChI=1S/C23H28N6O3/c1-16(2)22(15-24)27-10-12-28(13-11-27)23(30)18-7-8-20(21(14-18)29(31)32)26-17(3)19-6-4-5-9-25-19/h4-9,14,16-17,22,26H,10-13H2,1-3H3. The van der Waals surface area contributed by atoms with Crippen LogP contribution >= 0.6 is 0 Å². The number of anilines is 1. The average Bonchev–Trinajstić information content (AvgIpc) is 2.80. The lowest BCUT2D eigenvalue weighted by Gasteiger charge is -2.38. The number of rotatable bonds is 7. The number of amides is 1. The van der Waals surface area contributed by atoms with Gasteiger partial charge in [0.1, 0.15) is 11.7 Å². The van der Waals surface area contributed by atoms with Gasteiger partial charge in [-0.1, -0.05) is 19.9 Å². The van der Waals surface area contributed by atoms with Gasteiger partial charge in [0.2, 0.25) is 0 Å². The van der Waals surface area contributed by atoms with Crippen molar-refractivity contribution in [2.45, 2.75) is 32.9 Å². The Morgan fingerprint density at radius 1 is 1.19 bits per heavy atom. The number of piperazine rings is 1. The van der Waals surface area contributed by atoms with Crippen molar-refractivity contribution in [3.05, 3.63) is 64.0 Å². The molecule has 2 atom stereocenters. The van der Waals surface area contributed by atoms with Gasteiger partial charge in [0.25, 0.3) is 11.6 Å². The Morgan fingerprint density at radius 3 is 2.47 bits per heavy atom. The summed E-state index contributed by atoms with van der Waals surface area (Å²) in [5, 5.41) is 24.2. The molecule has 0 spiro atoms. The van der Waals surface area contributed by atoms with Crippen LogP contribution in [0, 0.1) is 27.4 Å². The van der Waals surface area contributed by atoms with Crippen molar-refractivity contribution in [2.24, 2.45) is 5.92 Å². The number of hydrogen-bond acceptors (Lipinski definition) is 7. The summed E-state index contributed by atoms with van der Waals surface area (Å²) < 4.78 is 0. The molecule has 0 bridgehead atoms. The Morgan fingerprint density at radius 2 is 1.91 bits per heavy atom. The molecule has 168 valence electrons. The first-order valence-corrected chi connectivity index (χ1v) is 10.7. The Kier molecular flexibility index (Phi) is 7.38. The fourth-order valence-corrected chi connectivity index (χ4v) is 3.92. The first kappa shape index (κ1) is 23.2. The number of nitrogens with zero attached hydrogens (tertiary/aromatic N) is 5. The number of aromatic nitrogens is 1. The Labute approximate surface area is 187 Å². The molecule has 2 aromatic rings. The minimum Gasteiger partial charge on any atom is -0.371 e. The number of carbonyl (C=O) groups is 1. The Bertz CT molecular complexity index is 997. The van der Waals surface area contributed by atoms with Crippen molar-refractivity contribution >= 4 is 17.3 Å². The van der Waals surface area contributed by atoms with Crippen molar-refractivity contribution < 1.29 is 9.72 Å². The van der Waals surface area contributed by atoms with Crippen LogP contribution in [-0.4, -0.2) is 57.8 Å². The second kappa shape index (κ2) is 10.2. The third-order valence-electron chi connectivity index (χ3n) is 5.70. The van der Waals surface area contributed by atoms with Crippen molar-refractivity contribution in [1.82, 2.24) is 14.8 Å². The van der Waals surface area contributed by atoms with Crippen LogP contribution in [-0.2, 0) is 0 Å². The summed E-state index contributed by atoms with van der Waals surface area (Å²) in [5.74, 6) is -0.0337. The van der Waals surface area contributed by atoms with Crippen LogP contribution in [0.15, 0.2) is 42.6 Å². The highest BCUT2D eigenvalue weighted by molar-refractivity contribution is 5.95. The van der Waals surface area contributed by atoms with E-state index >= 15 is 0 Å². The van der Waals surface area contributed by atoms with Gasteiger partial charge in [-0.05, 0) is 37.1 Å². The van der Waals surface area contributed by atoms with Crippen molar-refractivity contribution in [1.29, 1.82) is 5.26 Å². The molecule has 0 radical (unpaired) electrons. The zero-order chi connectivity index (χ0) is 23.3. The number of carbonyl (C=O) groups excluding carboxylic acids is 1. The van der Waals surface area contributed by atoms with Gasteiger partial charge in [0.15, 0.2) is 0 Å². The molecule has 0 aliphatic carbocycles. The lowest BCUT2D eigenvalue weighted by Crippen LogP contribution is -2.52. The van der Waals surface area contributed by atoms with E-state index in [0.717, 1.165) is 5.69 Å². The quantitative estimate of drug-likeness (QED) is 0.522. The van der Waals surface area contributed by atoms with Crippen molar-refractivity contribution in [3.63, 3.8) is 0 Å². The van der Waals surface area contributed by atoms with E-state index in [4.69, 9.17) is 0 Å². The summed E-state index contributed by atoms with van der Waals surface area (Å²) in [4.78, 5) is 32.3. The highest BCUT2D eigenvalue weighted by Gasteiger charge is 2.29. The van der Waals surface area contributed by atoms with E-state index in [2.05, 4.69) is 21.3 Å². The summed E-state index contributed by atoms with van der Waals surface area (Å²) in [5.41, 5.74) is 1.23. The van der Waals surface area contributed by atoms with Gasteiger partial charge in [-0.2, -0.15) is 5.26 Å². The Hall–Kier alpha value is -3.51. The van der Waals surface area contributed by atoms with Gasteiger partial charge in [-0.15, -0.1) is 0 Å². The molecule has 1 fully saturated rings. The lowest BCUT2D eigenvalue weighted by molar-refractivity contribution is -0.384. The van der Waals surface area contributed by atoms with Crippen LogP contribution in [0.4, 0.5) is 11.4 Å². The molecule has 1 aliphatic heterocycles. The zero-order valence-corrected chi connectivity index (χ0v) is 18.6. The second-order valence-electron chi connectivity index (χ2n) is 8.26. The number of nitrogens with one attached hydrogen (secondary N) is 1. The third kappa shape index (κ3) is 5.21. The topological polar surface area (TPSA) is 115 Å². The largest absolute Gasteiger partial charge is 0.371 e. The van der Waals surface area contributed by atoms with Crippen molar-refractivity contribution in [3.8, 4) is 6.07 Å². The number of hydrogen-bond donors (Lipinski definition) is 1. The molecule has 2 heterocycles. The molecule has 1 aromatic heterocycles. The van der Waals surface area contributed by atoms with Crippen LogP contribution in [0.2, 0.25) is 0 Å². The van der Waals surface area contributed by atoms with Gasteiger partial charge in [0.05, 0.1) is 22.7 Å². The summed E-state index contributed by atoms with van der Waals surface area (Å²) >= 11 is 0. The van der Waals surface area contributed by atoms with Crippen molar-refractivity contribution in [2.75, 3.05) is 31.5 Å². The molecule has 1 N–H and O–H groups in total. The molecule has 9 nitrogen and oxygen atoms in total. The molecule has 1 saturated heterocycles. The van der Waals surface area contributed by atoms with E-state index in [1.165, 1.54) is 6.07 Å². The summed E-state index contributed by atoms with van der Waals surface area (Å²) in [6.07, 6.45) is 1.67. The number of benzene rings is 1. The van der Waals surface area contributed by atoms with Crippen LogP contribution in [0.3, 0.4) is 0 Å². The maximum absolute atomic E-state index is 13.0.